The van der Waals surface area contributed by atoms with E-state index in [4.69, 9.17) is 9.47 Å². The largest absolute Gasteiger partial charge is 0.492 e. The van der Waals surface area contributed by atoms with Crippen LogP contribution in [-0.2, 0) is 6.42 Å². The Morgan fingerprint density at radius 1 is 0.895 bits per heavy atom. The van der Waals surface area contributed by atoms with Gasteiger partial charge in [0, 0.05) is 0 Å². The molecule has 0 N–H and O–H groups in total. The van der Waals surface area contributed by atoms with E-state index >= 15 is 0 Å². The molecule has 0 unspecified atom stereocenters. The molecule has 0 aliphatic heterocycles. The van der Waals surface area contributed by atoms with Crippen molar-refractivity contribution < 1.29 is 14.3 Å². The summed E-state index contributed by atoms with van der Waals surface area (Å²) in [6.07, 6.45) is 22.5. The molecule has 2 aromatic rings. The van der Waals surface area contributed by atoms with E-state index in [0.29, 0.717) is 29.2 Å². The van der Waals surface area contributed by atoms with E-state index in [-0.39, 0.29) is 0 Å². The van der Waals surface area contributed by atoms with Gasteiger partial charge in [-0.2, -0.15) is 5.26 Å². The minimum Gasteiger partial charge on any atom is -0.492 e. The zero-order valence-electron chi connectivity index (χ0n) is 23.4. The van der Waals surface area contributed by atoms with Gasteiger partial charge in [0.05, 0.1) is 17.7 Å². The lowest BCUT2D eigenvalue weighted by molar-refractivity contribution is 0.0734. The average molecular weight is 517 g/mol. The molecule has 1 aliphatic carbocycles. The van der Waals surface area contributed by atoms with E-state index < -0.39 is 5.97 Å². The zero-order valence-corrected chi connectivity index (χ0v) is 23.4. The van der Waals surface area contributed by atoms with Gasteiger partial charge in [0.1, 0.15) is 17.6 Å². The minimum atomic E-state index is -0.464. The Bertz CT molecular complexity index is 986. The van der Waals surface area contributed by atoms with Crippen LogP contribution in [0, 0.1) is 23.7 Å². The molecule has 38 heavy (non-hydrogen) atoms. The summed E-state index contributed by atoms with van der Waals surface area (Å²) in [7, 11) is 0. The Morgan fingerprint density at radius 3 is 2.21 bits per heavy atom. The molecule has 0 spiro atoms. The molecule has 1 radical (unpaired) electrons. The second-order valence-electron chi connectivity index (χ2n) is 10.7. The number of carbonyl (C=O) groups is 1. The molecule has 1 fully saturated rings. The van der Waals surface area contributed by atoms with E-state index in [1.54, 1.807) is 18.2 Å². The van der Waals surface area contributed by atoms with Crippen LogP contribution in [0.15, 0.2) is 42.5 Å². The third-order valence-corrected chi connectivity index (χ3v) is 7.62. The highest BCUT2D eigenvalue weighted by Gasteiger charge is 2.15. The Hall–Kier alpha value is -2.80. The van der Waals surface area contributed by atoms with Crippen molar-refractivity contribution in [3.63, 3.8) is 0 Å². The Labute approximate surface area is 230 Å². The SMILES string of the molecule is CCCCCCCCCCCCOc1ccc(C(=O)Oc2ccc(CCC3CC[CH]CC3)cc2)cc1C#N. The van der Waals surface area contributed by atoms with E-state index in [1.807, 2.05) is 24.3 Å². The van der Waals surface area contributed by atoms with Crippen LogP contribution in [0.1, 0.15) is 125 Å². The molecule has 3 rings (SSSR count). The van der Waals surface area contributed by atoms with E-state index in [2.05, 4.69) is 19.4 Å². The summed E-state index contributed by atoms with van der Waals surface area (Å²) in [5, 5.41) is 9.58. The van der Waals surface area contributed by atoms with Gasteiger partial charge in [-0.25, -0.2) is 4.79 Å². The number of benzene rings is 2. The number of hydrogen-bond donors (Lipinski definition) is 0. The molecule has 0 heterocycles. The van der Waals surface area contributed by atoms with Crippen molar-refractivity contribution in [1.82, 2.24) is 0 Å². The van der Waals surface area contributed by atoms with Gasteiger partial charge < -0.3 is 9.47 Å². The molecule has 205 valence electrons. The maximum atomic E-state index is 12.7. The smallest absolute Gasteiger partial charge is 0.343 e. The molecule has 0 amide bonds. The highest BCUT2D eigenvalue weighted by molar-refractivity contribution is 5.91. The molecule has 0 aromatic heterocycles. The van der Waals surface area contributed by atoms with Crippen molar-refractivity contribution in [3.05, 3.63) is 65.6 Å². The van der Waals surface area contributed by atoms with E-state index in [0.717, 1.165) is 25.2 Å². The fourth-order valence-electron chi connectivity index (χ4n) is 5.19. The fraction of sp³-hybridized carbons (Fsp3) is 0.559. The first-order chi connectivity index (χ1) is 18.7. The number of ether oxygens (including phenoxy) is 2. The van der Waals surface area contributed by atoms with Crippen molar-refractivity contribution in [2.45, 2.75) is 110 Å². The monoisotopic (exact) mass is 516 g/mol. The highest BCUT2D eigenvalue weighted by Crippen LogP contribution is 2.27. The molecule has 1 aliphatic rings. The molecule has 1 saturated carbocycles. The topological polar surface area (TPSA) is 59.3 Å². The first kappa shape index (κ1) is 29.8. The van der Waals surface area contributed by atoms with Crippen LogP contribution in [-0.4, -0.2) is 12.6 Å². The highest BCUT2D eigenvalue weighted by atomic mass is 16.5. The molecule has 2 aromatic carbocycles. The van der Waals surface area contributed by atoms with Gasteiger partial charge in [-0.1, -0.05) is 89.7 Å². The van der Waals surface area contributed by atoms with Crippen molar-refractivity contribution >= 4 is 5.97 Å². The summed E-state index contributed by atoms with van der Waals surface area (Å²) in [4.78, 5) is 12.7. The van der Waals surface area contributed by atoms with Gasteiger partial charge in [-0.15, -0.1) is 0 Å². The maximum absolute atomic E-state index is 12.7. The minimum absolute atomic E-state index is 0.353. The summed E-state index contributed by atoms with van der Waals surface area (Å²) in [5.41, 5.74) is 1.99. The second-order valence-corrected chi connectivity index (χ2v) is 10.7. The van der Waals surface area contributed by atoms with Gasteiger partial charge in [-0.3, -0.25) is 0 Å². The van der Waals surface area contributed by atoms with Crippen LogP contribution in [0.3, 0.4) is 0 Å². The first-order valence-corrected chi connectivity index (χ1v) is 15.0. The van der Waals surface area contributed by atoms with Crippen molar-refractivity contribution in [2.75, 3.05) is 6.61 Å². The molecule has 4 heteroatoms. The third kappa shape index (κ3) is 10.9. The fourth-order valence-corrected chi connectivity index (χ4v) is 5.19. The van der Waals surface area contributed by atoms with Gasteiger partial charge in [0.2, 0.25) is 0 Å². The number of unbranched alkanes of at least 4 members (excludes halogenated alkanes) is 9. The van der Waals surface area contributed by atoms with Crippen molar-refractivity contribution in [2.24, 2.45) is 5.92 Å². The number of nitriles is 1. The lowest BCUT2D eigenvalue weighted by Gasteiger charge is -2.21. The van der Waals surface area contributed by atoms with Crippen LogP contribution in [0.5, 0.6) is 11.5 Å². The second kappa shape index (κ2) is 17.7. The average Bonchev–Trinajstić information content (AvgIpc) is 2.96. The summed E-state index contributed by atoms with van der Waals surface area (Å²) < 4.78 is 11.4. The maximum Gasteiger partial charge on any atom is 0.343 e. The van der Waals surface area contributed by atoms with Crippen LogP contribution in [0.4, 0.5) is 0 Å². The van der Waals surface area contributed by atoms with E-state index in [9.17, 15) is 10.1 Å². The van der Waals surface area contributed by atoms with E-state index in [1.165, 1.54) is 89.0 Å². The molecule has 0 bridgehead atoms. The number of hydrogen-bond acceptors (Lipinski definition) is 4. The zero-order chi connectivity index (χ0) is 26.8. The first-order valence-electron chi connectivity index (χ1n) is 15.0. The Kier molecular flexibility index (Phi) is 13.8. The molecule has 0 atom stereocenters. The number of aryl methyl sites for hydroxylation is 1. The summed E-state index contributed by atoms with van der Waals surface area (Å²) in [6, 6.07) is 14.9. The number of esters is 1. The number of nitrogens with zero attached hydrogens (tertiary/aromatic N) is 1. The van der Waals surface area contributed by atoms with Crippen molar-refractivity contribution in [3.8, 4) is 17.6 Å². The summed E-state index contributed by atoms with van der Waals surface area (Å²) in [5.74, 6) is 1.41. The van der Waals surface area contributed by atoms with Crippen LogP contribution >= 0.6 is 0 Å². The predicted octanol–water partition coefficient (Wildman–Crippen LogP) is 9.40. The third-order valence-electron chi connectivity index (χ3n) is 7.62. The molecular formula is C34H46NO3. The van der Waals surface area contributed by atoms with Gasteiger partial charge >= 0.3 is 5.97 Å². The normalized spacial score (nSPS) is 13.7. The summed E-state index contributed by atoms with van der Waals surface area (Å²) in [6.45, 7) is 2.84. The Morgan fingerprint density at radius 2 is 1.55 bits per heavy atom. The number of rotatable bonds is 17. The molecular weight excluding hydrogens is 470 g/mol. The quantitative estimate of drug-likeness (QED) is 0.119. The van der Waals surface area contributed by atoms with Gasteiger partial charge in [0.15, 0.2) is 0 Å². The van der Waals surface area contributed by atoms with Crippen LogP contribution in [0.2, 0.25) is 0 Å². The standard InChI is InChI=1S/C34H46NO3/c1-2-3-4-5-6-7-8-9-10-14-25-37-33-24-21-30(26-31(33)27-35)34(36)38-32-22-19-29(20-23-32)18-17-28-15-12-11-13-16-28/h11,19-24,26,28H,2-10,12-18,25H2,1H3. The predicted molar refractivity (Wildman–Crippen MR) is 154 cm³/mol. The van der Waals surface area contributed by atoms with Crippen LogP contribution in [0.25, 0.3) is 0 Å². The lowest BCUT2D eigenvalue weighted by Crippen LogP contribution is -2.09. The Balaban J connectivity index is 1.36. The lowest BCUT2D eigenvalue weighted by atomic mass is 9.85. The van der Waals surface area contributed by atoms with Gasteiger partial charge in [-0.05, 0) is 80.3 Å². The molecule has 0 saturated heterocycles. The number of carbonyl (C=O) groups excluding carboxylic acids is 1. The van der Waals surface area contributed by atoms with Crippen molar-refractivity contribution in [1.29, 1.82) is 5.26 Å². The molecule has 4 nitrogen and oxygen atoms in total. The van der Waals surface area contributed by atoms with Gasteiger partial charge in [0.25, 0.3) is 0 Å². The van der Waals surface area contributed by atoms with Crippen LogP contribution < -0.4 is 9.47 Å². The summed E-state index contributed by atoms with van der Waals surface area (Å²) >= 11 is 0.